The number of carbonyl (C=O) groups is 1. The molecule has 0 saturated carbocycles. The van der Waals surface area contributed by atoms with Gasteiger partial charge in [-0.3, -0.25) is 9.88 Å². The first-order chi connectivity index (χ1) is 9.63. The molecule has 0 radical (unpaired) electrons. The summed E-state index contributed by atoms with van der Waals surface area (Å²) in [5.41, 5.74) is 7.66. The van der Waals surface area contributed by atoms with E-state index in [2.05, 4.69) is 14.9 Å². The number of thiazole rings is 1. The molecule has 0 amide bonds. The number of pyridine rings is 1. The third-order valence-corrected chi connectivity index (χ3v) is 4.23. The summed E-state index contributed by atoms with van der Waals surface area (Å²) in [5.74, 6) is -0.937. The van der Waals surface area contributed by atoms with E-state index in [1.807, 2.05) is 0 Å². The van der Waals surface area contributed by atoms with Crippen LogP contribution in [0.3, 0.4) is 0 Å². The minimum Gasteiger partial charge on any atom is -0.478 e. The Morgan fingerprint density at radius 2 is 2.40 bits per heavy atom. The normalized spacial score (nSPS) is 15.0. The predicted octanol–water partition coefficient (Wildman–Crippen LogP) is 1.38. The molecule has 2 aromatic heterocycles. The van der Waals surface area contributed by atoms with Crippen molar-refractivity contribution in [3.05, 3.63) is 40.2 Å². The molecule has 0 saturated heterocycles. The second-order valence-corrected chi connectivity index (χ2v) is 5.80. The number of rotatable bonds is 3. The smallest absolute Gasteiger partial charge is 0.337 e. The fraction of sp³-hybridized carbons (Fsp3) is 0.308. The maximum atomic E-state index is 11.2. The summed E-state index contributed by atoms with van der Waals surface area (Å²) in [5, 5.41) is 9.77. The number of carboxylic acids is 1. The molecule has 0 fully saturated rings. The Balaban J connectivity index is 1.78. The standard InChI is InChI=1S/C13H14N4O2S/c14-13-16-9-3-5-17(7-11(9)20-13)6-10-8(12(18)19)2-1-4-15-10/h1-2,4H,3,5-7H2,(H2,14,16)(H,18,19). The molecule has 0 bridgehead atoms. The van der Waals surface area contributed by atoms with Gasteiger partial charge in [0, 0.05) is 37.1 Å². The van der Waals surface area contributed by atoms with Crippen molar-refractivity contribution in [3.63, 3.8) is 0 Å². The lowest BCUT2D eigenvalue weighted by Crippen LogP contribution is -2.30. The molecule has 3 N–H and O–H groups in total. The summed E-state index contributed by atoms with van der Waals surface area (Å²) in [6, 6.07) is 3.23. The molecule has 2 aromatic rings. The Morgan fingerprint density at radius 1 is 1.55 bits per heavy atom. The van der Waals surface area contributed by atoms with Crippen molar-refractivity contribution < 1.29 is 9.90 Å². The van der Waals surface area contributed by atoms with E-state index in [0.717, 1.165) is 25.2 Å². The lowest BCUT2D eigenvalue weighted by molar-refractivity contribution is 0.0693. The first-order valence-corrected chi connectivity index (χ1v) is 7.08. The van der Waals surface area contributed by atoms with Crippen LogP contribution in [0, 0.1) is 0 Å². The first-order valence-electron chi connectivity index (χ1n) is 6.27. The van der Waals surface area contributed by atoms with E-state index in [1.54, 1.807) is 18.3 Å². The first kappa shape index (κ1) is 13.0. The van der Waals surface area contributed by atoms with Gasteiger partial charge in [0.15, 0.2) is 5.13 Å². The monoisotopic (exact) mass is 290 g/mol. The number of hydrogen-bond donors (Lipinski definition) is 2. The lowest BCUT2D eigenvalue weighted by Gasteiger charge is -2.25. The highest BCUT2D eigenvalue weighted by atomic mass is 32.1. The summed E-state index contributed by atoms with van der Waals surface area (Å²) in [6.45, 7) is 2.12. The van der Waals surface area contributed by atoms with E-state index in [1.165, 1.54) is 16.2 Å². The highest BCUT2D eigenvalue weighted by Crippen LogP contribution is 2.27. The number of fused-ring (bicyclic) bond motifs is 1. The van der Waals surface area contributed by atoms with E-state index in [9.17, 15) is 9.90 Å². The molecule has 7 heteroatoms. The summed E-state index contributed by atoms with van der Waals surface area (Å²) in [4.78, 5) is 23.0. The van der Waals surface area contributed by atoms with Gasteiger partial charge < -0.3 is 10.8 Å². The number of nitrogens with two attached hydrogens (primary N) is 1. The van der Waals surface area contributed by atoms with Crippen LogP contribution >= 0.6 is 11.3 Å². The van der Waals surface area contributed by atoms with Gasteiger partial charge in [0.25, 0.3) is 0 Å². The molecule has 3 heterocycles. The molecule has 0 aliphatic carbocycles. The zero-order valence-corrected chi connectivity index (χ0v) is 11.6. The van der Waals surface area contributed by atoms with Crippen LogP contribution in [0.4, 0.5) is 5.13 Å². The zero-order valence-electron chi connectivity index (χ0n) is 10.7. The van der Waals surface area contributed by atoms with Crippen molar-refractivity contribution in [2.75, 3.05) is 12.3 Å². The third-order valence-electron chi connectivity index (χ3n) is 3.32. The Labute approximate surface area is 119 Å². The SMILES string of the molecule is Nc1nc2c(s1)CN(Cc1ncccc1C(=O)O)CC2. The van der Waals surface area contributed by atoms with Gasteiger partial charge in [0.1, 0.15) is 0 Å². The molecule has 104 valence electrons. The fourth-order valence-corrected chi connectivity index (χ4v) is 3.29. The van der Waals surface area contributed by atoms with Crippen molar-refractivity contribution in [1.82, 2.24) is 14.9 Å². The van der Waals surface area contributed by atoms with Crippen LogP contribution in [0.25, 0.3) is 0 Å². The second-order valence-electron chi connectivity index (χ2n) is 4.69. The molecule has 1 aliphatic rings. The van der Waals surface area contributed by atoms with Gasteiger partial charge >= 0.3 is 5.97 Å². The van der Waals surface area contributed by atoms with Gasteiger partial charge in [-0.1, -0.05) is 0 Å². The largest absolute Gasteiger partial charge is 0.478 e. The van der Waals surface area contributed by atoms with E-state index in [0.29, 0.717) is 17.4 Å². The molecular weight excluding hydrogens is 276 g/mol. The van der Waals surface area contributed by atoms with Crippen LogP contribution in [0.5, 0.6) is 0 Å². The molecule has 1 aliphatic heterocycles. The highest BCUT2D eigenvalue weighted by Gasteiger charge is 2.22. The average molecular weight is 290 g/mol. The van der Waals surface area contributed by atoms with Gasteiger partial charge in [-0.05, 0) is 12.1 Å². The van der Waals surface area contributed by atoms with Crippen molar-refractivity contribution in [3.8, 4) is 0 Å². The topological polar surface area (TPSA) is 92.3 Å². The quantitative estimate of drug-likeness (QED) is 0.887. The summed E-state index contributed by atoms with van der Waals surface area (Å²) in [6.07, 6.45) is 2.47. The average Bonchev–Trinajstić information content (AvgIpc) is 2.78. The number of carboxylic acid groups (broad SMARTS) is 1. The van der Waals surface area contributed by atoms with Crippen molar-refractivity contribution in [2.45, 2.75) is 19.5 Å². The van der Waals surface area contributed by atoms with Gasteiger partial charge in [0.05, 0.1) is 17.0 Å². The number of anilines is 1. The van der Waals surface area contributed by atoms with Crippen LogP contribution in [0.1, 0.15) is 26.6 Å². The van der Waals surface area contributed by atoms with E-state index >= 15 is 0 Å². The Hall–Kier alpha value is -1.99. The molecule has 3 rings (SSSR count). The van der Waals surface area contributed by atoms with Crippen molar-refractivity contribution in [2.24, 2.45) is 0 Å². The van der Waals surface area contributed by atoms with E-state index in [-0.39, 0.29) is 5.56 Å². The minimum atomic E-state index is -0.937. The molecule has 6 nitrogen and oxygen atoms in total. The van der Waals surface area contributed by atoms with Crippen LogP contribution in [0.2, 0.25) is 0 Å². The number of aromatic carboxylic acids is 1. The Bertz CT molecular complexity index is 656. The maximum Gasteiger partial charge on any atom is 0.337 e. The summed E-state index contributed by atoms with van der Waals surface area (Å²) in [7, 11) is 0. The van der Waals surface area contributed by atoms with Gasteiger partial charge in [0.2, 0.25) is 0 Å². The molecule has 0 aromatic carbocycles. The molecule has 0 unspecified atom stereocenters. The van der Waals surface area contributed by atoms with Crippen LogP contribution in [-0.2, 0) is 19.5 Å². The van der Waals surface area contributed by atoms with E-state index < -0.39 is 5.97 Å². The number of nitrogens with zero attached hydrogens (tertiary/aromatic N) is 3. The molecular formula is C13H14N4O2S. The van der Waals surface area contributed by atoms with Crippen LogP contribution in [0.15, 0.2) is 18.3 Å². The Kier molecular flexibility index (Phi) is 3.37. The van der Waals surface area contributed by atoms with Gasteiger partial charge in [-0.25, -0.2) is 9.78 Å². The van der Waals surface area contributed by atoms with Gasteiger partial charge in [-0.15, -0.1) is 11.3 Å². The molecule has 0 spiro atoms. The predicted molar refractivity (Wildman–Crippen MR) is 75.5 cm³/mol. The van der Waals surface area contributed by atoms with Gasteiger partial charge in [-0.2, -0.15) is 0 Å². The fourth-order valence-electron chi connectivity index (χ4n) is 2.37. The third kappa shape index (κ3) is 2.50. The zero-order chi connectivity index (χ0) is 14.1. The second kappa shape index (κ2) is 5.18. The molecule has 20 heavy (non-hydrogen) atoms. The number of hydrogen-bond acceptors (Lipinski definition) is 6. The summed E-state index contributed by atoms with van der Waals surface area (Å²) < 4.78 is 0. The van der Waals surface area contributed by atoms with Crippen LogP contribution < -0.4 is 5.73 Å². The molecule has 0 atom stereocenters. The van der Waals surface area contributed by atoms with Crippen LogP contribution in [-0.4, -0.2) is 32.5 Å². The highest BCUT2D eigenvalue weighted by molar-refractivity contribution is 7.15. The number of nitrogen functional groups attached to an aromatic ring is 1. The van der Waals surface area contributed by atoms with Crippen molar-refractivity contribution >= 4 is 22.4 Å². The maximum absolute atomic E-state index is 11.2. The Morgan fingerprint density at radius 3 is 3.20 bits per heavy atom. The van der Waals surface area contributed by atoms with E-state index in [4.69, 9.17) is 5.73 Å². The number of aromatic nitrogens is 2. The minimum absolute atomic E-state index is 0.266. The lowest BCUT2D eigenvalue weighted by atomic mass is 10.1. The van der Waals surface area contributed by atoms with Crippen molar-refractivity contribution in [1.29, 1.82) is 0 Å². The summed E-state index contributed by atoms with van der Waals surface area (Å²) >= 11 is 1.50.